The van der Waals surface area contributed by atoms with Crippen molar-refractivity contribution in [2.75, 3.05) is 6.61 Å². The van der Waals surface area contributed by atoms with Crippen LogP contribution in [0.3, 0.4) is 0 Å². The van der Waals surface area contributed by atoms with Gasteiger partial charge in [0.05, 0.1) is 11.1 Å². The highest BCUT2D eigenvalue weighted by Gasteiger charge is 2.83. The second kappa shape index (κ2) is 14.7. The number of nitrogens with zero attached hydrogens (tertiary/aromatic N) is 1. The van der Waals surface area contributed by atoms with Crippen molar-refractivity contribution < 1.29 is 43.7 Å². The number of allylic oxidation sites excluding steroid dienone is 1. The molecule has 0 aliphatic heterocycles. The highest BCUT2D eigenvalue weighted by atomic mass is 16.6. The van der Waals surface area contributed by atoms with Crippen LogP contribution in [0.15, 0.2) is 27.8 Å². The van der Waals surface area contributed by atoms with E-state index in [1.807, 2.05) is 34.6 Å². The van der Waals surface area contributed by atoms with Crippen LogP contribution in [0.1, 0.15) is 141 Å². The van der Waals surface area contributed by atoms with Gasteiger partial charge in [-0.25, -0.2) is 4.79 Å². The lowest BCUT2D eigenvalue weighted by Gasteiger charge is -2.48. The molecule has 1 aromatic heterocycles. The second-order valence-electron chi connectivity index (χ2n) is 16.0. The first-order valence-corrected chi connectivity index (χ1v) is 19.1. The molecule has 1 spiro atoms. The van der Waals surface area contributed by atoms with E-state index in [9.17, 15) is 29.7 Å². The fourth-order valence-electron chi connectivity index (χ4n) is 9.85. The molecule has 0 saturated heterocycles. The molecule has 278 valence electrons. The molecule has 4 aliphatic rings. The lowest BCUT2D eigenvalue weighted by molar-refractivity contribution is -0.191. The van der Waals surface area contributed by atoms with Gasteiger partial charge < -0.3 is 29.3 Å². The molecular weight excluding hydrogens is 638 g/mol. The van der Waals surface area contributed by atoms with Crippen LogP contribution in [-0.4, -0.2) is 68.2 Å². The third kappa shape index (κ3) is 6.01. The lowest BCUT2D eigenvalue weighted by atomic mass is 9.59. The summed E-state index contributed by atoms with van der Waals surface area (Å²) in [7, 11) is 0. The Labute approximate surface area is 297 Å². The van der Waals surface area contributed by atoms with Crippen LogP contribution in [0.5, 0.6) is 0 Å². The number of aliphatic hydroxyl groups excluding tert-OH is 2. The van der Waals surface area contributed by atoms with Crippen molar-refractivity contribution >= 4 is 17.7 Å². The summed E-state index contributed by atoms with van der Waals surface area (Å²) in [6, 6.07) is 0. The fourth-order valence-corrected chi connectivity index (χ4v) is 9.85. The van der Waals surface area contributed by atoms with Crippen LogP contribution in [0.25, 0.3) is 0 Å². The lowest BCUT2D eigenvalue weighted by Crippen LogP contribution is -2.65. The molecule has 2 bridgehead atoms. The van der Waals surface area contributed by atoms with E-state index < -0.39 is 64.6 Å². The average molecular weight is 698 g/mol. The highest BCUT2D eigenvalue weighted by molar-refractivity contribution is 5.96. The van der Waals surface area contributed by atoms with Crippen LogP contribution < -0.4 is 0 Å². The van der Waals surface area contributed by atoms with E-state index >= 15 is 0 Å². The zero-order valence-corrected chi connectivity index (χ0v) is 31.2. The van der Waals surface area contributed by atoms with Gasteiger partial charge >= 0.3 is 11.9 Å². The molecule has 10 heteroatoms. The van der Waals surface area contributed by atoms with E-state index in [-0.39, 0.29) is 35.7 Å². The Hall–Kier alpha value is -2.82. The molecule has 0 amide bonds. The fraction of sp³-hybridized carbons (Fsp3) is 0.750. The van der Waals surface area contributed by atoms with E-state index in [2.05, 4.69) is 12.1 Å². The molecule has 2 fully saturated rings. The average Bonchev–Trinajstić information content (AvgIpc) is 3.31. The quantitative estimate of drug-likeness (QED) is 0.101. The highest BCUT2D eigenvalue weighted by Crippen LogP contribution is 2.75. The van der Waals surface area contributed by atoms with Gasteiger partial charge in [0.25, 0.3) is 0 Å². The van der Waals surface area contributed by atoms with E-state index in [1.165, 1.54) is 32.1 Å². The number of ether oxygens (including phenoxy) is 2. The number of ketones is 1. The Morgan fingerprint density at radius 1 is 0.980 bits per heavy atom. The standard InChI is InChI=1S/C40H59NO9/c1-8-11-12-13-14-15-16-17-18-19-30(42)49-39-22-25(5)38-21-24(4)33(43)40(38,47)34(44)26(20-27(35(38)45)32(39)37(39,6)7)23-48-36(46)31-28(9-2)41-50-29(31)10-3/h20-21,25,27,32-34,43-44,47H,8-19,22-23H2,1-7H3/t25?,27-,32+,33-,34+,38?,39-,40+/m0/s1. The first kappa shape index (κ1) is 38.4. The Balaban J connectivity index is 1.41. The number of unbranched alkanes of at least 4 members (excludes halogenated alkanes) is 8. The van der Waals surface area contributed by atoms with Gasteiger partial charge in [0, 0.05) is 30.1 Å². The van der Waals surface area contributed by atoms with E-state index in [4.69, 9.17) is 14.0 Å². The summed E-state index contributed by atoms with van der Waals surface area (Å²) in [6.45, 7) is 12.9. The number of aryl methyl sites for hydroxylation is 2. The van der Waals surface area contributed by atoms with Crippen molar-refractivity contribution in [3.8, 4) is 0 Å². The number of rotatable bonds is 16. The third-order valence-electron chi connectivity index (χ3n) is 12.7. The number of fused-ring (bicyclic) bond motifs is 3. The second-order valence-corrected chi connectivity index (χ2v) is 16.0. The SMILES string of the molecule is CCCCCCCCCCCC(=O)O[C@@]12CC(C)C34C=C(C)[C@H](O)[C@@]3(O)[C@H](O)C(COC(=O)c3c(CC)noc3CC)=C[C@H](C4=O)[C@@H]1C2(C)C. The minimum atomic E-state index is -2.33. The third-order valence-corrected chi connectivity index (χ3v) is 12.7. The van der Waals surface area contributed by atoms with E-state index in [0.29, 0.717) is 29.9 Å². The predicted molar refractivity (Wildman–Crippen MR) is 187 cm³/mol. The maximum Gasteiger partial charge on any atom is 0.344 e. The van der Waals surface area contributed by atoms with Gasteiger partial charge in [-0.05, 0) is 43.3 Å². The topological polar surface area (TPSA) is 156 Å². The number of carbonyl (C=O) groups excluding carboxylic acids is 3. The van der Waals surface area contributed by atoms with E-state index in [1.54, 1.807) is 19.1 Å². The zero-order valence-electron chi connectivity index (χ0n) is 31.2. The van der Waals surface area contributed by atoms with Gasteiger partial charge in [-0.2, -0.15) is 0 Å². The molecule has 8 atom stereocenters. The summed E-state index contributed by atoms with van der Waals surface area (Å²) in [5, 5.41) is 40.0. The van der Waals surface area contributed by atoms with Gasteiger partial charge in [-0.1, -0.05) is 110 Å². The molecule has 0 aromatic carbocycles. The summed E-state index contributed by atoms with van der Waals surface area (Å²) in [6.07, 6.45) is 11.6. The molecule has 1 heterocycles. The van der Waals surface area contributed by atoms with Crippen molar-refractivity contribution in [3.05, 3.63) is 40.3 Å². The maximum absolute atomic E-state index is 14.9. The summed E-state index contributed by atoms with van der Waals surface area (Å²) in [5.74, 6) is -2.87. The number of esters is 2. The molecule has 4 aliphatic carbocycles. The van der Waals surface area contributed by atoms with Crippen LogP contribution in [0.4, 0.5) is 0 Å². The number of Topliss-reactive ketones (excluding diaryl/α,β-unsaturated/α-hetero) is 1. The summed E-state index contributed by atoms with van der Waals surface area (Å²) in [5.41, 5.74) is -4.40. The molecule has 0 radical (unpaired) electrons. The van der Waals surface area contributed by atoms with Crippen molar-refractivity contribution in [1.29, 1.82) is 0 Å². The minimum Gasteiger partial charge on any atom is -0.458 e. The Morgan fingerprint density at radius 2 is 1.62 bits per heavy atom. The Morgan fingerprint density at radius 3 is 2.24 bits per heavy atom. The summed E-state index contributed by atoms with van der Waals surface area (Å²) < 4.78 is 17.5. The summed E-state index contributed by atoms with van der Waals surface area (Å²) in [4.78, 5) is 41.8. The minimum absolute atomic E-state index is 0.113. The van der Waals surface area contributed by atoms with Gasteiger partial charge in [0.2, 0.25) is 0 Å². The predicted octanol–water partition coefficient (Wildman–Crippen LogP) is 6.38. The number of aromatic nitrogens is 1. The van der Waals surface area contributed by atoms with Crippen molar-refractivity contribution in [3.63, 3.8) is 0 Å². The van der Waals surface area contributed by atoms with Gasteiger partial charge in [-0.15, -0.1) is 0 Å². The van der Waals surface area contributed by atoms with Gasteiger partial charge in [0.1, 0.15) is 35.6 Å². The number of hydrogen-bond donors (Lipinski definition) is 3. The molecule has 1 aromatic rings. The Bertz CT molecular complexity index is 1490. The van der Waals surface area contributed by atoms with Crippen LogP contribution in [0.2, 0.25) is 0 Å². The first-order chi connectivity index (χ1) is 23.7. The van der Waals surface area contributed by atoms with Gasteiger partial charge in [-0.3, -0.25) is 9.59 Å². The van der Waals surface area contributed by atoms with Gasteiger partial charge in [0.15, 0.2) is 11.5 Å². The molecule has 2 saturated carbocycles. The molecule has 2 unspecified atom stereocenters. The molecule has 10 nitrogen and oxygen atoms in total. The van der Waals surface area contributed by atoms with Crippen LogP contribution in [0, 0.1) is 28.6 Å². The number of carbonyl (C=O) groups is 3. The molecule has 50 heavy (non-hydrogen) atoms. The van der Waals surface area contributed by atoms with Crippen LogP contribution in [-0.2, 0) is 31.9 Å². The van der Waals surface area contributed by atoms with Crippen LogP contribution >= 0.6 is 0 Å². The van der Waals surface area contributed by atoms with Crippen molar-refractivity contribution in [2.24, 2.45) is 28.6 Å². The molecule has 3 N–H and O–H groups in total. The maximum atomic E-state index is 14.9. The smallest absolute Gasteiger partial charge is 0.344 e. The largest absolute Gasteiger partial charge is 0.458 e. The van der Waals surface area contributed by atoms with Crippen molar-refractivity contribution in [1.82, 2.24) is 5.16 Å². The monoisotopic (exact) mass is 697 g/mol. The van der Waals surface area contributed by atoms with E-state index in [0.717, 1.165) is 25.7 Å². The number of hydrogen-bond acceptors (Lipinski definition) is 10. The summed E-state index contributed by atoms with van der Waals surface area (Å²) >= 11 is 0. The zero-order chi connectivity index (χ0) is 36.6. The molecule has 5 rings (SSSR count). The van der Waals surface area contributed by atoms with Crippen molar-refractivity contribution in [2.45, 2.75) is 155 Å². The molecular formula is C40H59NO9. The Kier molecular flexibility index (Phi) is 11.3. The normalized spacial score (nSPS) is 33.8. The first-order valence-electron chi connectivity index (χ1n) is 19.1. The number of aliphatic hydroxyl groups is 3.